The molecule has 0 atom stereocenters. The number of benzene rings is 5. The van der Waals surface area contributed by atoms with Crippen LogP contribution in [0.25, 0.3) is 10.8 Å². The van der Waals surface area contributed by atoms with Gasteiger partial charge in [-0.25, -0.2) is 13.7 Å². The van der Waals surface area contributed by atoms with Crippen molar-refractivity contribution >= 4 is 31.8 Å². The monoisotopic (exact) mass is 601 g/mol. The van der Waals surface area contributed by atoms with E-state index in [0.29, 0.717) is 5.56 Å². The number of rotatable bonds is 9. The van der Waals surface area contributed by atoms with Crippen molar-refractivity contribution in [1.29, 1.82) is 0 Å². The highest BCUT2D eigenvalue weighted by atomic mass is 32.2. The molecule has 0 aliphatic heterocycles. The van der Waals surface area contributed by atoms with E-state index in [0.717, 1.165) is 10.8 Å². The maximum Gasteiger partial charge on any atom is 0.431 e. The third-order valence-corrected chi connectivity index (χ3v) is 9.05. The van der Waals surface area contributed by atoms with E-state index in [9.17, 15) is 26.0 Å². The third-order valence-electron chi connectivity index (χ3n) is 5.70. The van der Waals surface area contributed by atoms with Crippen molar-refractivity contribution in [2.24, 2.45) is 0 Å². The largest absolute Gasteiger partial charge is 0.431 e. The summed E-state index contributed by atoms with van der Waals surface area (Å²) in [4.78, 5) is 8.25. The topological polar surface area (TPSA) is 52.6 Å². The van der Waals surface area contributed by atoms with Crippen molar-refractivity contribution in [3.05, 3.63) is 139 Å². The highest BCUT2D eigenvalue weighted by Crippen LogP contribution is 2.31. The number of hydrogen-bond acceptors (Lipinski definition) is 4. The maximum atomic E-state index is 12.7. The molecule has 0 N–H and O–H groups in total. The molecule has 0 fully saturated rings. The van der Waals surface area contributed by atoms with Crippen molar-refractivity contribution in [2.45, 2.75) is 33.0 Å². The Morgan fingerprint density at radius 3 is 1.54 bits per heavy atom. The molecule has 0 saturated heterocycles. The van der Waals surface area contributed by atoms with Gasteiger partial charge in [0.1, 0.15) is 6.61 Å². The number of alkyl halides is 4. The Kier molecular flexibility index (Phi) is 10.2. The minimum absolute atomic E-state index is 0.0146. The van der Waals surface area contributed by atoms with Crippen molar-refractivity contribution < 1.29 is 35.2 Å². The minimum atomic E-state index is -5.88. The van der Waals surface area contributed by atoms with Gasteiger partial charge in [-0.05, 0) is 58.8 Å². The van der Waals surface area contributed by atoms with Crippen molar-refractivity contribution in [3.8, 4) is 0 Å². The van der Waals surface area contributed by atoms with E-state index in [1.165, 1.54) is 14.7 Å². The van der Waals surface area contributed by atoms with Crippen LogP contribution in [0.3, 0.4) is 0 Å². The summed E-state index contributed by atoms with van der Waals surface area (Å²) in [6.07, 6.45) is -4.42. The van der Waals surface area contributed by atoms with E-state index in [4.69, 9.17) is 0 Å². The van der Waals surface area contributed by atoms with Gasteiger partial charge in [0.2, 0.25) is 0 Å². The van der Waals surface area contributed by atoms with Crippen molar-refractivity contribution in [2.75, 3.05) is 0 Å². The lowest BCUT2D eigenvalue weighted by molar-refractivity contribution is -0.223. The van der Waals surface area contributed by atoms with Gasteiger partial charge in [0.05, 0.1) is 10.9 Å². The summed E-state index contributed by atoms with van der Waals surface area (Å²) in [6.45, 7) is -0.497. The van der Waals surface area contributed by atoms with Gasteiger partial charge in [-0.1, -0.05) is 91.0 Å². The molecule has 0 aliphatic carbocycles. The zero-order valence-electron chi connectivity index (χ0n) is 21.4. The summed E-state index contributed by atoms with van der Waals surface area (Å²) in [5, 5.41) is -3.62. The molecule has 0 spiro atoms. The summed E-state index contributed by atoms with van der Waals surface area (Å²) in [7, 11) is -5.89. The minimum Gasteiger partial charge on any atom is -0.215 e. The molecular weight excluding hydrogens is 576 g/mol. The molecule has 0 aliphatic rings. The summed E-state index contributed by atoms with van der Waals surface area (Å²) in [5.74, 6) is 0. The predicted octanol–water partition coefficient (Wildman–Crippen LogP) is 8.26. The van der Waals surface area contributed by atoms with Crippen LogP contribution in [0.1, 0.15) is 5.56 Å². The molecule has 5 aromatic rings. The average Bonchev–Trinajstić information content (AvgIpc) is 2.99. The first-order valence-corrected chi connectivity index (χ1v) is 14.9. The van der Waals surface area contributed by atoms with Gasteiger partial charge in [-0.15, -0.1) is 4.33 Å². The Balaban J connectivity index is 0.000000191. The van der Waals surface area contributed by atoms with Crippen LogP contribution in [0.15, 0.2) is 148 Å². The molecule has 0 bridgehead atoms. The van der Waals surface area contributed by atoms with E-state index in [2.05, 4.69) is 100 Å². The highest BCUT2D eigenvalue weighted by molar-refractivity contribution is 7.97. The SMILES string of the molecule is O=S(=O)(OOCc1ccc2ccccc2c1)C(F)(F)C(F)F.c1ccc([S+](c2ccccc2)c2ccccc2)cc1. The van der Waals surface area contributed by atoms with Crippen molar-refractivity contribution in [1.82, 2.24) is 0 Å². The van der Waals surface area contributed by atoms with E-state index in [-0.39, 0.29) is 10.9 Å². The molecule has 0 amide bonds. The molecule has 0 radical (unpaired) electrons. The van der Waals surface area contributed by atoms with Gasteiger partial charge in [0, 0.05) is 0 Å². The van der Waals surface area contributed by atoms with Crippen LogP contribution in [-0.2, 0) is 36.8 Å². The molecule has 212 valence electrons. The van der Waals surface area contributed by atoms with Gasteiger partial charge in [-0.2, -0.15) is 17.2 Å². The Morgan fingerprint density at radius 2 is 1.07 bits per heavy atom. The van der Waals surface area contributed by atoms with Crippen LogP contribution in [-0.4, -0.2) is 20.1 Å². The Morgan fingerprint density at radius 1 is 0.634 bits per heavy atom. The molecule has 0 unspecified atom stereocenters. The number of hydrogen-bond donors (Lipinski definition) is 0. The quantitative estimate of drug-likeness (QED) is 0.0739. The normalized spacial score (nSPS) is 11.9. The third kappa shape index (κ3) is 7.74. The van der Waals surface area contributed by atoms with Gasteiger partial charge in [0.25, 0.3) is 0 Å². The maximum absolute atomic E-state index is 12.7. The smallest absolute Gasteiger partial charge is 0.215 e. The Bertz CT molecular complexity index is 1540. The molecule has 5 aromatic carbocycles. The second-order valence-corrected chi connectivity index (χ2v) is 12.2. The van der Waals surface area contributed by atoms with Gasteiger partial charge in [-0.3, -0.25) is 0 Å². The second-order valence-electron chi connectivity index (χ2n) is 8.57. The fraction of sp³-hybridized carbons (Fsp3) is 0.0968. The molecule has 0 saturated carbocycles. The zero-order chi connectivity index (χ0) is 29.3. The number of halogens is 4. The first kappa shape index (κ1) is 30.3. The average molecular weight is 602 g/mol. The van der Waals surface area contributed by atoms with Crippen LogP contribution in [0.5, 0.6) is 0 Å². The van der Waals surface area contributed by atoms with E-state index >= 15 is 0 Å². The lowest BCUT2D eigenvalue weighted by atomic mass is 10.1. The summed E-state index contributed by atoms with van der Waals surface area (Å²) in [5.41, 5.74) is 0.425. The van der Waals surface area contributed by atoms with Crippen LogP contribution in [0, 0.1) is 0 Å². The van der Waals surface area contributed by atoms with Crippen LogP contribution < -0.4 is 0 Å². The first-order valence-electron chi connectivity index (χ1n) is 12.3. The van der Waals surface area contributed by atoms with Crippen LogP contribution in [0.2, 0.25) is 0 Å². The molecule has 0 aromatic heterocycles. The summed E-state index contributed by atoms with van der Waals surface area (Å²) in [6, 6.07) is 44.3. The molecule has 0 heterocycles. The van der Waals surface area contributed by atoms with Crippen molar-refractivity contribution in [3.63, 3.8) is 0 Å². The predicted molar refractivity (Wildman–Crippen MR) is 151 cm³/mol. The van der Waals surface area contributed by atoms with E-state index < -0.39 is 28.4 Å². The van der Waals surface area contributed by atoms with Crippen LogP contribution >= 0.6 is 0 Å². The highest BCUT2D eigenvalue weighted by Gasteiger charge is 2.56. The fourth-order valence-electron chi connectivity index (χ4n) is 3.72. The Hall–Kier alpha value is -3.70. The van der Waals surface area contributed by atoms with Crippen LogP contribution in [0.4, 0.5) is 17.6 Å². The first-order chi connectivity index (χ1) is 19.7. The Labute approximate surface area is 238 Å². The fourth-order valence-corrected chi connectivity index (χ4v) is 6.30. The summed E-state index contributed by atoms with van der Waals surface area (Å²) < 4.78 is 74.7. The molecular formula is C31H25F4O4S2+. The standard InChI is InChI=1S/C18H15S.C13H10F4O4S/c1-4-10-16(11-5-1)19(17-12-6-2-7-13-17)18-14-8-3-9-15-18;14-12(15)13(16,17)22(18,19)21-20-8-9-5-6-10-3-1-2-4-11(10)7-9/h1-15H;1-7,12H,8H2/q+1;. The lowest BCUT2D eigenvalue weighted by Crippen LogP contribution is -2.37. The lowest BCUT2D eigenvalue weighted by Gasteiger charge is -2.14. The number of fused-ring (bicyclic) bond motifs is 1. The molecule has 10 heteroatoms. The van der Waals surface area contributed by atoms with E-state index in [1.54, 1.807) is 30.3 Å². The van der Waals surface area contributed by atoms with Gasteiger partial charge < -0.3 is 0 Å². The van der Waals surface area contributed by atoms with Gasteiger partial charge >= 0.3 is 21.8 Å². The second kappa shape index (κ2) is 13.8. The molecule has 4 nitrogen and oxygen atoms in total. The molecule has 41 heavy (non-hydrogen) atoms. The zero-order valence-corrected chi connectivity index (χ0v) is 23.1. The summed E-state index contributed by atoms with van der Waals surface area (Å²) >= 11 is 0. The molecule has 5 rings (SSSR count). The van der Waals surface area contributed by atoms with E-state index in [1.807, 2.05) is 12.1 Å². The van der Waals surface area contributed by atoms with Gasteiger partial charge in [0.15, 0.2) is 14.7 Å².